The fourth-order valence-corrected chi connectivity index (χ4v) is 6.06. The van der Waals surface area contributed by atoms with Gasteiger partial charge in [-0.15, -0.1) is 0 Å². The summed E-state index contributed by atoms with van der Waals surface area (Å²) >= 11 is 0. The lowest BCUT2D eigenvalue weighted by Crippen LogP contribution is -2.40. The standard InChI is InChI=1S/C33H47N7O4.C2H6/c1-32(2,22-33(3,4)30(42)39-43)20-28(41)34-15-16-35-31-37-27-19-25(44-5)11-12-26(27)29(38-31)36-24-13-17-40(18-14-24)21-23-9-7-6-8-10-23;1-2/h6-12,19,24,43H,13-18,20-22H2,1-5H3,(H,34,41)(H,39,42)(H2,35,36,37,38);1-2H3. The predicted octanol–water partition coefficient (Wildman–Crippen LogP) is 5.61. The summed E-state index contributed by atoms with van der Waals surface area (Å²) in [5.74, 6) is 1.40. The van der Waals surface area contributed by atoms with Crippen LogP contribution in [0.3, 0.4) is 0 Å². The molecule has 2 heterocycles. The van der Waals surface area contributed by atoms with Crippen molar-refractivity contribution in [1.82, 2.24) is 25.7 Å². The molecule has 0 saturated carbocycles. The molecule has 11 nitrogen and oxygen atoms in total. The SMILES string of the molecule is CC.COc1ccc2c(NC3CCN(Cc4ccccc4)CC3)nc(NCCNC(=O)CC(C)(C)CC(C)(C)C(=O)NO)nc2c1. The molecule has 0 atom stereocenters. The molecule has 4 rings (SSSR count). The van der Waals surface area contributed by atoms with E-state index in [0.29, 0.717) is 31.5 Å². The van der Waals surface area contributed by atoms with E-state index < -0.39 is 16.7 Å². The van der Waals surface area contributed by atoms with Crippen molar-refractivity contribution in [2.75, 3.05) is 43.9 Å². The number of amides is 2. The molecule has 46 heavy (non-hydrogen) atoms. The number of piperidine rings is 1. The van der Waals surface area contributed by atoms with Crippen LogP contribution in [0.25, 0.3) is 10.9 Å². The first-order valence-electron chi connectivity index (χ1n) is 16.3. The molecular formula is C35H53N7O4. The molecule has 252 valence electrons. The zero-order valence-electron chi connectivity index (χ0n) is 28.6. The first-order chi connectivity index (χ1) is 22.0. The first-order valence-corrected chi connectivity index (χ1v) is 16.3. The Kier molecular flexibility index (Phi) is 13.6. The maximum Gasteiger partial charge on any atom is 0.249 e. The van der Waals surface area contributed by atoms with Crippen molar-refractivity contribution in [2.45, 2.75) is 79.8 Å². The van der Waals surface area contributed by atoms with Gasteiger partial charge in [0.15, 0.2) is 0 Å². The van der Waals surface area contributed by atoms with Crippen LogP contribution in [-0.4, -0.2) is 71.2 Å². The van der Waals surface area contributed by atoms with E-state index >= 15 is 0 Å². The molecule has 0 radical (unpaired) electrons. The van der Waals surface area contributed by atoms with Gasteiger partial charge in [0.2, 0.25) is 17.8 Å². The molecule has 0 unspecified atom stereocenters. The third kappa shape index (κ3) is 10.8. The Labute approximate surface area is 273 Å². The summed E-state index contributed by atoms with van der Waals surface area (Å²) in [5, 5.41) is 19.8. The number of aromatic nitrogens is 2. The van der Waals surface area contributed by atoms with Crippen molar-refractivity contribution >= 4 is 34.5 Å². The number of fused-ring (bicyclic) bond motifs is 1. The second kappa shape index (κ2) is 17.1. The molecule has 1 aliphatic rings. The lowest BCUT2D eigenvalue weighted by molar-refractivity contribution is -0.140. The summed E-state index contributed by atoms with van der Waals surface area (Å²) in [5.41, 5.74) is 2.58. The highest BCUT2D eigenvalue weighted by atomic mass is 16.5. The third-order valence-electron chi connectivity index (χ3n) is 8.09. The van der Waals surface area contributed by atoms with E-state index in [1.807, 2.05) is 45.9 Å². The maximum atomic E-state index is 12.7. The highest BCUT2D eigenvalue weighted by Crippen LogP contribution is 2.36. The highest BCUT2D eigenvalue weighted by molar-refractivity contribution is 5.91. The number of rotatable bonds is 14. The number of hydroxylamine groups is 1. The molecule has 1 aliphatic heterocycles. The number of nitrogens with one attached hydrogen (secondary N) is 4. The number of hydrogen-bond acceptors (Lipinski definition) is 9. The van der Waals surface area contributed by atoms with Crippen LogP contribution in [0.1, 0.15) is 72.8 Å². The molecule has 0 aliphatic carbocycles. The molecule has 1 fully saturated rings. The number of hydrogen-bond donors (Lipinski definition) is 5. The Morgan fingerprint density at radius 1 is 1.00 bits per heavy atom. The van der Waals surface area contributed by atoms with Crippen molar-refractivity contribution in [3.05, 3.63) is 54.1 Å². The molecule has 2 aromatic carbocycles. The second-order valence-corrected chi connectivity index (χ2v) is 13.1. The number of benzene rings is 2. The summed E-state index contributed by atoms with van der Waals surface area (Å²) in [6, 6.07) is 16.7. The van der Waals surface area contributed by atoms with E-state index in [1.165, 1.54) is 5.56 Å². The number of nitrogens with zero attached hydrogens (tertiary/aromatic N) is 3. The zero-order chi connectivity index (χ0) is 33.7. The van der Waals surface area contributed by atoms with Gasteiger partial charge in [0.1, 0.15) is 11.6 Å². The summed E-state index contributed by atoms with van der Waals surface area (Å²) in [6.07, 6.45) is 2.72. The lowest BCUT2D eigenvalue weighted by atomic mass is 9.73. The van der Waals surface area contributed by atoms with Crippen LogP contribution in [0.15, 0.2) is 48.5 Å². The molecular weight excluding hydrogens is 582 g/mol. The largest absolute Gasteiger partial charge is 0.497 e. The zero-order valence-corrected chi connectivity index (χ0v) is 28.6. The van der Waals surface area contributed by atoms with Gasteiger partial charge in [-0.1, -0.05) is 71.9 Å². The fourth-order valence-electron chi connectivity index (χ4n) is 6.06. The van der Waals surface area contributed by atoms with E-state index in [9.17, 15) is 9.59 Å². The summed E-state index contributed by atoms with van der Waals surface area (Å²) in [6.45, 7) is 15.2. The minimum atomic E-state index is -0.804. The minimum Gasteiger partial charge on any atom is -0.497 e. The minimum absolute atomic E-state index is 0.109. The van der Waals surface area contributed by atoms with Crippen LogP contribution in [0.2, 0.25) is 0 Å². The summed E-state index contributed by atoms with van der Waals surface area (Å²) in [7, 11) is 1.64. The number of carbonyl (C=O) groups is 2. The molecule has 0 bridgehead atoms. The van der Waals surface area contributed by atoms with Crippen molar-refractivity contribution in [3.63, 3.8) is 0 Å². The van der Waals surface area contributed by atoms with E-state index in [1.54, 1.807) is 26.4 Å². The van der Waals surface area contributed by atoms with Crippen LogP contribution < -0.4 is 26.2 Å². The number of methoxy groups -OCH3 is 1. The summed E-state index contributed by atoms with van der Waals surface area (Å²) in [4.78, 5) is 36.7. The Bertz CT molecular complexity index is 1410. The number of likely N-dealkylation sites (tertiary alicyclic amines) is 1. The average molecular weight is 636 g/mol. The lowest BCUT2D eigenvalue weighted by Gasteiger charge is -2.33. The van der Waals surface area contributed by atoms with Crippen LogP contribution in [0.5, 0.6) is 5.75 Å². The van der Waals surface area contributed by atoms with Gasteiger partial charge in [-0.3, -0.25) is 19.7 Å². The Morgan fingerprint density at radius 2 is 1.70 bits per heavy atom. The predicted molar refractivity (Wildman–Crippen MR) is 184 cm³/mol. The smallest absolute Gasteiger partial charge is 0.249 e. The number of carbonyl (C=O) groups excluding carboxylic acids is 2. The molecule has 1 aromatic heterocycles. The number of anilines is 2. The van der Waals surface area contributed by atoms with Gasteiger partial charge in [-0.25, -0.2) is 10.5 Å². The quantitative estimate of drug-likeness (QED) is 0.0869. The van der Waals surface area contributed by atoms with Gasteiger partial charge < -0.3 is 20.7 Å². The van der Waals surface area contributed by atoms with Gasteiger partial charge in [-0.05, 0) is 42.4 Å². The van der Waals surface area contributed by atoms with Crippen molar-refractivity contribution in [2.24, 2.45) is 10.8 Å². The van der Waals surface area contributed by atoms with Crippen LogP contribution in [0.4, 0.5) is 11.8 Å². The van der Waals surface area contributed by atoms with Crippen LogP contribution in [0, 0.1) is 10.8 Å². The molecule has 3 aromatic rings. The third-order valence-corrected chi connectivity index (χ3v) is 8.09. The monoisotopic (exact) mass is 635 g/mol. The van der Waals surface area contributed by atoms with Crippen LogP contribution in [-0.2, 0) is 16.1 Å². The van der Waals surface area contributed by atoms with Crippen molar-refractivity contribution in [3.8, 4) is 5.75 Å². The van der Waals surface area contributed by atoms with Crippen LogP contribution >= 0.6 is 0 Å². The van der Waals surface area contributed by atoms with Gasteiger partial charge >= 0.3 is 0 Å². The Hall–Kier alpha value is -3.96. The normalized spacial score (nSPS) is 14.2. The number of ether oxygens (including phenoxy) is 1. The molecule has 11 heteroatoms. The van der Waals surface area contributed by atoms with Crippen molar-refractivity contribution < 1.29 is 19.5 Å². The molecule has 2 amide bonds. The molecule has 0 spiro atoms. The molecule has 5 N–H and O–H groups in total. The maximum absolute atomic E-state index is 12.7. The van der Waals surface area contributed by atoms with E-state index in [-0.39, 0.29) is 12.3 Å². The van der Waals surface area contributed by atoms with Gasteiger partial charge in [0.25, 0.3) is 0 Å². The van der Waals surface area contributed by atoms with Crippen molar-refractivity contribution in [1.29, 1.82) is 0 Å². The highest BCUT2D eigenvalue weighted by Gasteiger charge is 2.35. The van der Waals surface area contributed by atoms with Gasteiger partial charge in [0.05, 0.1) is 12.6 Å². The van der Waals surface area contributed by atoms with Gasteiger partial charge in [-0.2, -0.15) is 4.98 Å². The van der Waals surface area contributed by atoms with Gasteiger partial charge in [0, 0.05) is 62.1 Å². The average Bonchev–Trinajstić information content (AvgIpc) is 3.04. The van der Waals surface area contributed by atoms with E-state index in [0.717, 1.165) is 54.9 Å². The van der Waals surface area contributed by atoms with E-state index in [4.69, 9.17) is 19.9 Å². The topological polar surface area (TPSA) is 141 Å². The Morgan fingerprint density at radius 3 is 2.35 bits per heavy atom. The molecule has 1 saturated heterocycles. The second-order valence-electron chi connectivity index (χ2n) is 13.1. The fraction of sp³-hybridized carbons (Fsp3) is 0.543. The Balaban J connectivity index is 0.00000282. The summed E-state index contributed by atoms with van der Waals surface area (Å²) < 4.78 is 5.44. The van der Waals surface area contributed by atoms with E-state index in [2.05, 4.69) is 51.2 Å². The first kappa shape index (κ1) is 36.5.